The lowest BCUT2D eigenvalue weighted by Gasteiger charge is -2.26. The predicted octanol–water partition coefficient (Wildman–Crippen LogP) is 2.68. The van der Waals surface area contributed by atoms with E-state index in [0.717, 1.165) is 15.9 Å². The van der Waals surface area contributed by atoms with Gasteiger partial charge in [0.15, 0.2) is 0 Å². The highest BCUT2D eigenvalue weighted by molar-refractivity contribution is 7.21. The first-order valence-corrected chi connectivity index (χ1v) is 7.73. The summed E-state index contributed by atoms with van der Waals surface area (Å²) in [6.45, 7) is 6.95. The van der Waals surface area contributed by atoms with Crippen molar-refractivity contribution in [3.05, 3.63) is 22.7 Å². The molecule has 0 saturated heterocycles. The van der Waals surface area contributed by atoms with Gasteiger partial charge in [-0.25, -0.2) is 4.98 Å². The summed E-state index contributed by atoms with van der Waals surface area (Å²) in [6.07, 6.45) is 0. The molecule has 2 rings (SSSR count). The monoisotopic (exact) mass is 307 g/mol. The number of anilines is 1. The first-order valence-electron chi connectivity index (χ1n) is 6.91. The zero-order valence-corrected chi connectivity index (χ0v) is 13.7. The van der Waals surface area contributed by atoms with Gasteiger partial charge in [0.1, 0.15) is 9.71 Å². The first-order chi connectivity index (χ1) is 9.95. The van der Waals surface area contributed by atoms with Crippen LogP contribution in [0.4, 0.5) is 5.69 Å². The van der Waals surface area contributed by atoms with Crippen LogP contribution in [0.1, 0.15) is 29.2 Å². The van der Waals surface area contributed by atoms with Crippen molar-refractivity contribution in [3.63, 3.8) is 0 Å². The van der Waals surface area contributed by atoms with Crippen molar-refractivity contribution in [1.82, 2.24) is 9.88 Å². The number of pyridine rings is 1. The zero-order chi connectivity index (χ0) is 15.6. The Morgan fingerprint density at radius 1 is 1.48 bits per heavy atom. The van der Waals surface area contributed by atoms with Gasteiger partial charge in [-0.05, 0) is 32.9 Å². The van der Waals surface area contributed by atoms with E-state index in [0.29, 0.717) is 23.7 Å². The lowest BCUT2D eigenvalue weighted by molar-refractivity contribution is 0.0641. The summed E-state index contributed by atoms with van der Waals surface area (Å²) < 4.78 is 5.08. The van der Waals surface area contributed by atoms with E-state index >= 15 is 0 Å². The van der Waals surface area contributed by atoms with Crippen LogP contribution in [-0.2, 0) is 4.74 Å². The number of aryl methyl sites for hydroxylation is 1. The summed E-state index contributed by atoms with van der Waals surface area (Å²) in [7, 11) is 1.63. The van der Waals surface area contributed by atoms with Gasteiger partial charge in [0.25, 0.3) is 5.91 Å². The van der Waals surface area contributed by atoms with E-state index in [9.17, 15) is 4.79 Å². The Morgan fingerprint density at radius 3 is 2.81 bits per heavy atom. The number of carbonyl (C=O) groups excluding carboxylic acids is 1. The van der Waals surface area contributed by atoms with Crippen LogP contribution in [0.5, 0.6) is 0 Å². The van der Waals surface area contributed by atoms with Crippen LogP contribution < -0.4 is 5.73 Å². The number of nitrogens with two attached hydrogens (primary N) is 1. The number of amides is 1. The number of nitrogen functional groups attached to an aromatic ring is 1. The average molecular weight is 307 g/mol. The van der Waals surface area contributed by atoms with Gasteiger partial charge in [0.2, 0.25) is 0 Å². The molecule has 0 saturated carbocycles. The average Bonchev–Trinajstić information content (AvgIpc) is 2.75. The van der Waals surface area contributed by atoms with Crippen molar-refractivity contribution >= 4 is 33.1 Å². The van der Waals surface area contributed by atoms with Gasteiger partial charge in [-0.2, -0.15) is 0 Å². The zero-order valence-electron chi connectivity index (χ0n) is 12.8. The number of methoxy groups -OCH3 is 1. The van der Waals surface area contributed by atoms with Crippen molar-refractivity contribution < 1.29 is 9.53 Å². The third kappa shape index (κ3) is 3.16. The molecule has 0 fully saturated rings. The quantitative estimate of drug-likeness (QED) is 0.922. The number of nitrogens with zero attached hydrogens (tertiary/aromatic N) is 2. The van der Waals surface area contributed by atoms with Gasteiger partial charge in [0, 0.05) is 30.8 Å². The van der Waals surface area contributed by atoms with E-state index in [1.807, 2.05) is 32.9 Å². The lowest BCUT2D eigenvalue weighted by Crippen LogP contribution is -2.39. The molecule has 0 spiro atoms. The number of ether oxygens (including phenoxy) is 1. The summed E-state index contributed by atoms with van der Waals surface area (Å²) in [5.74, 6) is -0.0554. The highest BCUT2D eigenvalue weighted by Gasteiger charge is 2.24. The van der Waals surface area contributed by atoms with Crippen LogP contribution in [-0.4, -0.2) is 42.1 Å². The van der Waals surface area contributed by atoms with E-state index < -0.39 is 0 Å². The van der Waals surface area contributed by atoms with Gasteiger partial charge in [-0.3, -0.25) is 4.79 Å². The van der Waals surface area contributed by atoms with E-state index in [2.05, 4.69) is 4.98 Å². The number of aromatic nitrogens is 1. The molecule has 0 aromatic carbocycles. The van der Waals surface area contributed by atoms with E-state index in [4.69, 9.17) is 10.5 Å². The van der Waals surface area contributed by atoms with E-state index in [1.54, 1.807) is 12.0 Å². The normalized spacial score (nSPS) is 11.3. The maximum absolute atomic E-state index is 12.7. The van der Waals surface area contributed by atoms with Crippen LogP contribution in [0.2, 0.25) is 0 Å². The Kier molecular flexibility index (Phi) is 4.80. The van der Waals surface area contributed by atoms with Crippen LogP contribution in [0.25, 0.3) is 10.2 Å². The fraction of sp³-hybridized carbons (Fsp3) is 0.467. The summed E-state index contributed by atoms with van der Waals surface area (Å²) in [4.78, 5) is 20.3. The second-order valence-corrected chi connectivity index (χ2v) is 6.23. The van der Waals surface area contributed by atoms with Gasteiger partial charge in [-0.1, -0.05) is 0 Å². The van der Waals surface area contributed by atoms with Crippen molar-refractivity contribution in [2.45, 2.75) is 26.8 Å². The minimum absolute atomic E-state index is 0.0554. The molecule has 114 valence electrons. The molecule has 0 aliphatic heterocycles. The summed E-state index contributed by atoms with van der Waals surface area (Å²) in [5, 5.41) is 0.851. The minimum atomic E-state index is -0.0554. The number of hydrogen-bond donors (Lipinski definition) is 1. The van der Waals surface area contributed by atoms with Gasteiger partial charge in [0.05, 0.1) is 12.3 Å². The first kappa shape index (κ1) is 15.7. The fourth-order valence-electron chi connectivity index (χ4n) is 2.16. The molecule has 6 heteroatoms. The molecule has 1 amide bonds. The third-order valence-electron chi connectivity index (χ3n) is 3.35. The molecule has 0 bridgehead atoms. The molecular weight excluding hydrogens is 286 g/mol. The molecule has 0 unspecified atom stereocenters. The summed E-state index contributed by atoms with van der Waals surface area (Å²) in [5.41, 5.74) is 7.59. The predicted molar refractivity (Wildman–Crippen MR) is 86.8 cm³/mol. The fourth-order valence-corrected chi connectivity index (χ4v) is 3.26. The standard InChI is InChI=1S/C15H21N3O2S/c1-9(2)18(7-8-20-4)15(19)13-12(16)11-6-5-10(3)17-14(11)21-13/h5-6,9H,7-8,16H2,1-4H3. The van der Waals surface area contributed by atoms with Crippen LogP contribution in [0.15, 0.2) is 12.1 Å². The molecule has 0 radical (unpaired) electrons. The maximum Gasteiger partial charge on any atom is 0.266 e. The summed E-state index contributed by atoms with van der Waals surface area (Å²) in [6, 6.07) is 3.92. The second kappa shape index (κ2) is 6.41. The van der Waals surface area contributed by atoms with Gasteiger partial charge in [-0.15, -0.1) is 11.3 Å². The third-order valence-corrected chi connectivity index (χ3v) is 4.45. The lowest BCUT2D eigenvalue weighted by atomic mass is 10.2. The molecule has 0 aliphatic carbocycles. The molecule has 2 heterocycles. The number of hydrogen-bond acceptors (Lipinski definition) is 5. The molecule has 0 atom stereocenters. The molecule has 5 nitrogen and oxygen atoms in total. The Balaban J connectivity index is 2.39. The van der Waals surface area contributed by atoms with Gasteiger partial charge >= 0.3 is 0 Å². The SMILES string of the molecule is COCCN(C(=O)c1sc2nc(C)ccc2c1N)C(C)C. The van der Waals surface area contributed by atoms with Crippen molar-refractivity contribution in [2.75, 3.05) is 26.0 Å². The highest BCUT2D eigenvalue weighted by atomic mass is 32.1. The topological polar surface area (TPSA) is 68.5 Å². The van der Waals surface area contributed by atoms with Crippen LogP contribution >= 0.6 is 11.3 Å². The molecule has 2 aromatic rings. The maximum atomic E-state index is 12.7. The number of rotatable bonds is 5. The van der Waals surface area contributed by atoms with Crippen molar-refractivity contribution in [2.24, 2.45) is 0 Å². The Hall–Kier alpha value is -1.66. The highest BCUT2D eigenvalue weighted by Crippen LogP contribution is 2.33. The smallest absolute Gasteiger partial charge is 0.266 e. The largest absolute Gasteiger partial charge is 0.397 e. The molecule has 0 aliphatic rings. The van der Waals surface area contributed by atoms with E-state index in [1.165, 1.54) is 11.3 Å². The Bertz CT molecular complexity index is 652. The molecule has 2 aromatic heterocycles. The number of fused-ring (bicyclic) bond motifs is 1. The Morgan fingerprint density at radius 2 is 2.19 bits per heavy atom. The minimum Gasteiger partial charge on any atom is -0.397 e. The van der Waals surface area contributed by atoms with Crippen molar-refractivity contribution in [3.8, 4) is 0 Å². The molecule has 21 heavy (non-hydrogen) atoms. The van der Waals surface area contributed by atoms with Crippen LogP contribution in [0, 0.1) is 6.92 Å². The summed E-state index contributed by atoms with van der Waals surface area (Å²) >= 11 is 1.36. The molecule has 2 N–H and O–H groups in total. The number of thiophene rings is 1. The number of carbonyl (C=O) groups is 1. The molecular formula is C15H21N3O2S. The van der Waals surface area contributed by atoms with Crippen LogP contribution in [0.3, 0.4) is 0 Å². The van der Waals surface area contributed by atoms with Crippen molar-refractivity contribution in [1.29, 1.82) is 0 Å². The van der Waals surface area contributed by atoms with E-state index in [-0.39, 0.29) is 11.9 Å². The van der Waals surface area contributed by atoms with Gasteiger partial charge < -0.3 is 15.4 Å². The Labute approximate surface area is 128 Å². The second-order valence-electron chi connectivity index (χ2n) is 5.24.